The van der Waals surface area contributed by atoms with Gasteiger partial charge in [-0.3, -0.25) is 4.79 Å². The summed E-state index contributed by atoms with van der Waals surface area (Å²) in [5, 5.41) is 4.20. The predicted molar refractivity (Wildman–Crippen MR) is 103 cm³/mol. The third-order valence-corrected chi connectivity index (χ3v) is 4.47. The number of fused-ring (bicyclic) bond motifs is 1. The first-order chi connectivity index (χ1) is 14.4. The molecule has 0 saturated heterocycles. The molecule has 0 atom stereocenters. The summed E-state index contributed by atoms with van der Waals surface area (Å²) in [6, 6.07) is 13.2. The minimum absolute atomic E-state index is 0.116. The number of esters is 1. The summed E-state index contributed by atoms with van der Waals surface area (Å²) in [7, 11) is 0. The third-order valence-electron chi connectivity index (χ3n) is 4.47. The molecule has 8 heteroatoms. The molecule has 0 bridgehead atoms. The van der Waals surface area contributed by atoms with Crippen molar-refractivity contribution in [3.8, 4) is 11.3 Å². The van der Waals surface area contributed by atoms with Gasteiger partial charge < -0.3 is 9.26 Å². The zero-order chi connectivity index (χ0) is 21.3. The molecular weight excluding hydrogens is 394 g/mol. The molecule has 6 nitrogen and oxygen atoms in total. The molecule has 2 aromatic heterocycles. The summed E-state index contributed by atoms with van der Waals surface area (Å²) in [6.45, 7) is 0.932. The number of halogens is 2. The summed E-state index contributed by atoms with van der Waals surface area (Å²) < 4.78 is 37.1. The van der Waals surface area contributed by atoms with E-state index in [0.717, 1.165) is 17.7 Å². The van der Waals surface area contributed by atoms with Gasteiger partial charge in [0.15, 0.2) is 6.61 Å². The van der Waals surface area contributed by atoms with Crippen LogP contribution in [0.25, 0.3) is 22.4 Å². The van der Waals surface area contributed by atoms with E-state index in [9.17, 15) is 18.4 Å². The number of aromatic nitrogens is 2. The predicted octanol–water partition coefficient (Wildman–Crippen LogP) is 4.52. The molecule has 0 aliphatic heterocycles. The highest BCUT2D eigenvalue weighted by molar-refractivity contribution is 6.06. The Morgan fingerprint density at radius 3 is 2.53 bits per heavy atom. The van der Waals surface area contributed by atoms with Crippen LogP contribution >= 0.6 is 0 Å². The van der Waals surface area contributed by atoms with Crippen LogP contribution in [0.2, 0.25) is 0 Å². The molecule has 2 heterocycles. The second kappa shape index (κ2) is 7.82. The molecule has 150 valence electrons. The Morgan fingerprint density at radius 1 is 1.03 bits per heavy atom. The maximum absolute atomic E-state index is 13.8. The van der Waals surface area contributed by atoms with Crippen LogP contribution < -0.4 is 0 Å². The molecule has 0 unspecified atom stereocenters. The number of aryl methyl sites for hydroxylation is 1. The quantitative estimate of drug-likeness (QED) is 0.357. The van der Waals surface area contributed by atoms with Crippen molar-refractivity contribution in [2.24, 2.45) is 0 Å². The number of pyridine rings is 1. The van der Waals surface area contributed by atoms with Gasteiger partial charge >= 0.3 is 5.97 Å². The number of carbonyl (C=O) groups excluding carboxylic acids is 2. The van der Waals surface area contributed by atoms with E-state index >= 15 is 0 Å². The Balaban J connectivity index is 1.64. The SMILES string of the molecule is Cc1noc2nc(-c3ccccc3)cc(C(=O)OCC(=O)c3ccc(F)cc3F)c12. The number of Topliss-reactive ketones (excluding diaryl/α,β-unsaturated/α-hetero) is 1. The molecule has 0 aliphatic rings. The highest BCUT2D eigenvalue weighted by Crippen LogP contribution is 2.27. The zero-order valence-electron chi connectivity index (χ0n) is 15.7. The van der Waals surface area contributed by atoms with Gasteiger partial charge in [-0.25, -0.2) is 18.6 Å². The van der Waals surface area contributed by atoms with Crippen LogP contribution in [0.1, 0.15) is 26.4 Å². The first kappa shape index (κ1) is 19.4. The summed E-state index contributed by atoms with van der Waals surface area (Å²) in [4.78, 5) is 29.3. The Kier molecular flexibility index (Phi) is 5.05. The van der Waals surface area contributed by atoms with E-state index in [4.69, 9.17) is 9.26 Å². The fraction of sp³-hybridized carbons (Fsp3) is 0.0909. The van der Waals surface area contributed by atoms with Crippen molar-refractivity contribution in [2.75, 3.05) is 6.61 Å². The molecule has 4 aromatic rings. The molecule has 0 aliphatic carbocycles. The summed E-state index contributed by atoms with van der Waals surface area (Å²) in [6.07, 6.45) is 0. The molecule has 0 spiro atoms. The van der Waals surface area contributed by atoms with Gasteiger partial charge in [0.25, 0.3) is 5.71 Å². The standard InChI is InChI=1S/C22H14F2N2O4/c1-12-20-16(10-18(25-21(20)30-26-12)13-5-3-2-4-6-13)22(28)29-11-19(27)15-8-7-14(23)9-17(15)24/h2-10H,11H2,1H3. The van der Waals surface area contributed by atoms with Crippen molar-refractivity contribution in [3.05, 3.63) is 83.1 Å². The third kappa shape index (κ3) is 3.67. The first-order valence-corrected chi connectivity index (χ1v) is 8.92. The van der Waals surface area contributed by atoms with Crippen LogP contribution in [0.15, 0.2) is 59.1 Å². The largest absolute Gasteiger partial charge is 0.454 e. The normalized spacial score (nSPS) is 10.9. The second-order valence-corrected chi connectivity index (χ2v) is 6.49. The molecule has 2 aromatic carbocycles. The summed E-state index contributed by atoms with van der Waals surface area (Å²) in [5.41, 5.74) is 1.53. The molecule has 30 heavy (non-hydrogen) atoms. The minimum Gasteiger partial charge on any atom is -0.454 e. The average molecular weight is 408 g/mol. The molecule has 0 N–H and O–H groups in total. The van der Waals surface area contributed by atoms with Gasteiger partial charge in [0.1, 0.15) is 11.6 Å². The topological polar surface area (TPSA) is 82.3 Å². The van der Waals surface area contributed by atoms with Gasteiger partial charge in [-0.1, -0.05) is 35.5 Å². The van der Waals surface area contributed by atoms with E-state index < -0.39 is 30.0 Å². The summed E-state index contributed by atoms with van der Waals surface area (Å²) in [5.74, 6) is -3.45. The number of carbonyl (C=O) groups is 2. The lowest BCUT2D eigenvalue weighted by molar-refractivity contribution is 0.0475. The Morgan fingerprint density at radius 2 is 1.80 bits per heavy atom. The van der Waals surface area contributed by atoms with Gasteiger partial charge in [-0.05, 0) is 25.1 Å². The fourth-order valence-corrected chi connectivity index (χ4v) is 3.01. The van der Waals surface area contributed by atoms with E-state index in [0.29, 0.717) is 22.8 Å². The average Bonchev–Trinajstić information content (AvgIpc) is 3.12. The molecule has 0 saturated carbocycles. The lowest BCUT2D eigenvalue weighted by Gasteiger charge is -2.08. The molecule has 0 fully saturated rings. The van der Waals surface area contributed by atoms with Crippen molar-refractivity contribution in [3.63, 3.8) is 0 Å². The van der Waals surface area contributed by atoms with E-state index in [-0.39, 0.29) is 16.8 Å². The van der Waals surface area contributed by atoms with E-state index in [1.54, 1.807) is 6.92 Å². The zero-order valence-corrected chi connectivity index (χ0v) is 15.7. The lowest BCUT2D eigenvalue weighted by Crippen LogP contribution is -2.16. The van der Waals surface area contributed by atoms with E-state index in [1.807, 2.05) is 30.3 Å². The number of ketones is 1. The number of nitrogens with zero attached hydrogens (tertiary/aromatic N) is 2. The maximum atomic E-state index is 13.8. The number of benzene rings is 2. The van der Waals surface area contributed by atoms with E-state index in [1.165, 1.54) is 6.07 Å². The summed E-state index contributed by atoms with van der Waals surface area (Å²) >= 11 is 0. The number of rotatable bonds is 5. The van der Waals surface area contributed by atoms with Gasteiger partial charge in [-0.2, -0.15) is 0 Å². The molecule has 4 rings (SSSR count). The van der Waals surface area contributed by atoms with Crippen molar-refractivity contribution < 1.29 is 27.6 Å². The van der Waals surface area contributed by atoms with Crippen LogP contribution in [-0.4, -0.2) is 28.5 Å². The van der Waals surface area contributed by atoms with Crippen LogP contribution in [0.5, 0.6) is 0 Å². The first-order valence-electron chi connectivity index (χ1n) is 8.92. The van der Waals surface area contributed by atoms with Crippen LogP contribution in [0, 0.1) is 18.6 Å². The van der Waals surface area contributed by atoms with Crippen molar-refractivity contribution in [1.29, 1.82) is 0 Å². The van der Waals surface area contributed by atoms with Gasteiger partial charge in [0.05, 0.1) is 27.9 Å². The minimum atomic E-state index is -1.02. The van der Waals surface area contributed by atoms with Crippen molar-refractivity contribution in [1.82, 2.24) is 10.1 Å². The van der Waals surface area contributed by atoms with Gasteiger partial charge in [-0.15, -0.1) is 0 Å². The molecule has 0 radical (unpaired) electrons. The van der Waals surface area contributed by atoms with Crippen molar-refractivity contribution >= 4 is 22.9 Å². The number of hydrogen-bond donors (Lipinski definition) is 0. The maximum Gasteiger partial charge on any atom is 0.339 e. The van der Waals surface area contributed by atoms with Crippen molar-refractivity contribution in [2.45, 2.75) is 6.92 Å². The van der Waals surface area contributed by atoms with Crippen LogP contribution in [-0.2, 0) is 4.74 Å². The van der Waals surface area contributed by atoms with Gasteiger partial charge in [0.2, 0.25) is 5.78 Å². The molecular formula is C22H14F2N2O4. The smallest absolute Gasteiger partial charge is 0.339 e. The Bertz CT molecular complexity index is 1270. The number of ether oxygens (including phenoxy) is 1. The second-order valence-electron chi connectivity index (χ2n) is 6.49. The lowest BCUT2D eigenvalue weighted by atomic mass is 10.1. The highest BCUT2D eigenvalue weighted by atomic mass is 19.1. The van der Waals surface area contributed by atoms with Crippen LogP contribution in [0.4, 0.5) is 8.78 Å². The van der Waals surface area contributed by atoms with Gasteiger partial charge in [0, 0.05) is 11.6 Å². The fourth-order valence-electron chi connectivity index (χ4n) is 3.01. The highest BCUT2D eigenvalue weighted by Gasteiger charge is 2.22. The monoisotopic (exact) mass is 408 g/mol. The van der Waals surface area contributed by atoms with E-state index in [2.05, 4.69) is 10.1 Å². The number of hydrogen-bond acceptors (Lipinski definition) is 6. The Labute approximate surface area is 169 Å². The Hall–Kier alpha value is -3.94. The molecule has 0 amide bonds. The van der Waals surface area contributed by atoms with Crippen LogP contribution in [0.3, 0.4) is 0 Å².